The van der Waals surface area contributed by atoms with Crippen molar-refractivity contribution in [2.75, 3.05) is 19.6 Å². The summed E-state index contributed by atoms with van der Waals surface area (Å²) >= 11 is 6.12. The second-order valence-corrected chi connectivity index (χ2v) is 8.86. The van der Waals surface area contributed by atoms with Crippen molar-refractivity contribution in [2.24, 2.45) is 0 Å². The maximum Gasteiger partial charge on any atom is 0.256 e. The van der Waals surface area contributed by atoms with Crippen LogP contribution in [0.4, 0.5) is 0 Å². The number of fused-ring (bicyclic) bond motifs is 3. The van der Waals surface area contributed by atoms with Crippen molar-refractivity contribution in [2.45, 2.75) is 17.9 Å². The van der Waals surface area contributed by atoms with Crippen LogP contribution in [0.5, 0.6) is 0 Å². The van der Waals surface area contributed by atoms with Crippen molar-refractivity contribution < 1.29 is 13.2 Å². The van der Waals surface area contributed by atoms with Crippen LogP contribution in [0.3, 0.4) is 0 Å². The molecule has 0 spiro atoms. The molecule has 1 aromatic carbocycles. The average Bonchev–Trinajstić information content (AvgIpc) is 2.92. The lowest BCUT2D eigenvalue weighted by atomic mass is 10.1. The van der Waals surface area contributed by atoms with Gasteiger partial charge in [0.05, 0.1) is 28.3 Å². The van der Waals surface area contributed by atoms with Gasteiger partial charge in [0.1, 0.15) is 4.90 Å². The van der Waals surface area contributed by atoms with E-state index in [2.05, 4.69) is 4.98 Å². The van der Waals surface area contributed by atoms with Gasteiger partial charge in [0, 0.05) is 31.5 Å². The van der Waals surface area contributed by atoms with E-state index in [4.69, 9.17) is 16.9 Å². The Kier molecular flexibility index (Phi) is 4.18. The second kappa shape index (κ2) is 6.30. The molecule has 1 unspecified atom stereocenters. The number of pyridine rings is 1. The molecule has 2 aliphatic rings. The molecule has 3 heterocycles. The van der Waals surface area contributed by atoms with E-state index in [1.165, 1.54) is 22.5 Å². The van der Waals surface area contributed by atoms with E-state index in [-0.39, 0.29) is 35.0 Å². The summed E-state index contributed by atoms with van der Waals surface area (Å²) in [7, 11) is -3.85. The summed E-state index contributed by atoms with van der Waals surface area (Å²) in [5, 5.41) is 8.95. The lowest BCUT2D eigenvalue weighted by Gasteiger charge is -2.37. The SMILES string of the molecule is Cc1cc2c(cn1)C(=O)N1CCN(S(=O)(=O)c3ccc(C#N)cc3Cl)CC21. The molecule has 138 valence electrons. The zero-order valence-electron chi connectivity index (χ0n) is 14.4. The molecule has 2 aromatic rings. The Bertz CT molecular complexity index is 1110. The first kappa shape index (κ1) is 17.9. The third-order valence-electron chi connectivity index (χ3n) is 4.94. The molecule has 0 bridgehead atoms. The number of nitriles is 1. The predicted octanol–water partition coefficient (Wildman–Crippen LogP) is 2.12. The number of piperazine rings is 1. The van der Waals surface area contributed by atoms with Gasteiger partial charge in [-0.05, 0) is 36.8 Å². The summed E-state index contributed by atoms with van der Waals surface area (Å²) in [6.07, 6.45) is 1.56. The fraction of sp³-hybridized carbons (Fsp3) is 0.278. The molecule has 7 nitrogen and oxygen atoms in total. The van der Waals surface area contributed by atoms with Gasteiger partial charge in [0.15, 0.2) is 0 Å². The summed E-state index contributed by atoms with van der Waals surface area (Å²) in [6, 6.07) is 7.55. The first-order valence-corrected chi connectivity index (χ1v) is 10.1. The smallest absolute Gasteiger partial charge is 0.256 e. The largest absolute Gasteiger partial charge is 0.329 e. The first-order chi connectivity index (χ1) is 12.8. The third kappa shape index (κ3) is 2.79. The molecule has 1 fully saturated rings. The molecule has 0 saturated carbocycles. The van der Waals surface area contributed by atoms with Crippen molar-refractivity contribution in [3.8, 4) is 6.07 Å². The van der Waals surface area contributed by atoms with Crippen LogP contribution in [-0.4, -0.2) is 48.1 Å². The molecule has 9 heteroatoms. The number of nitrogens with zero attached hydrogens (tertiary/aromatic N) is 4. The van der Waals surface area contributed by atoms with Crippen molar-refractivity contribution in [1.82, 2.24) is 14.2 Å². The molecule has 1 amide bonds. The second-order valence-electron chi connectivity index (χ2n) is 6.55. The number of hydrogen-bond donors (Lipinski definition) is 0. The summed E-state index contributed by atoms with van der Waals surface area (Å²) in [5.74, 6) is -0.115. The van der Waals surface area contributed by atoms with Gasteiger partial charge in [0.2, 0.25) is 10.0 Å². The molecule has 4 rings (SSSR count). The van der Waals surface area contributed by atoms with E-state index >= 15 is 0 Å². The number of hydrogen-bond acceptors (Lipinski definition) is 5. The molecule has 1 saturated heterocycles. The number of carbonyl (C=O) groups excluding carboxylic acids is 1. The van der Waals surface area contributed by atoms with Crippen LogP contribution in [0.2, 0.25) is 5.02 Å². The number of sulfonamides is 1. The highest BCUT2D eigenvalue weighted by Gasteiger charge is 2.43. The monoisotopic (exact) mass is 402 g/mol. The van der Waals surface area contributed by atoms with Gasteiger partial charge in [-0.2, -0.15) is 9.57 Å². The highest BCUT2D eigenvalue weighted by Crippen LogP contribution is 2.38. The number of halogens is 1. The van der Waals surface area contributed by atoms with E-state index in [1.807, 2.05) is 19.1 Å². The van der Waals surface area contributed by atoms with Gasteiger partial charge in [-0.15, -0.1) is 0 Å². The summed E-state index contributed by atoms with van der Waals surface area (Å²) in [4.78, 5) is 18.4. The Balaban J connectivity index is 1.69. The third-order valence-corrected chi connectivity index (χ3v) is 7.29. The fourth-order valence-electron chi connectivity index (χ4n) is 3.59. The minimum atomic E-state index is -3.85. The van der Waals surface area contributed by atoms with Gasteiger partial charge < -0.3 is 4.90 Å². The molecule has 2 aliphatic heterocycles. The number of amides is 1. The van der Waals surface area contributed by atoms with Crippen molar-refractivity contribution in [1.29, 1.82) is 5.26 Å². The molecular formula is C18H15ClN4O3S. The molecule has 1 aromatic heterocycles. The number of carbonyl (C=O) groups is 1. The van der Waals surface area contributed by atoms with E-state index in [9.17, 15) is 13.2 Å². The fourth-order valence-corrected chi connectivity index (χ4v) is 5.55. The van der Waals surface area contributed by atoms with Crippen LogP contribution in [0.1, 0.15) is 33.2 Å². The first-order valence-electron chi connectivity index (χ1n) is 8.30. The molecular weight excluding hydrogens is 388 g/mol. The summed E-state index contributed by atoms with van der Waals surface area (Å²) < 4.78 is 27.5. The van der Waals surface area contributed by atoms with Crippen LogP contribution in [-0.2, 0) is 10.0 Å². The van der Waals surface area contributed by atoms with Gasteiger partial charge in [-0.25, -0.2) is 8.42 Å². The minimum absolute atomic E-state index is 0.0134. The molecule has 0 radical (unpaired) electrons. The normalized spacial score (nSPS) is 19.5. The maximum atomic E-state index is 13.1. The highest BCUT2D eigenvalue weighted by atomic mass is 35.5. The lowest BCUT2D eigenvalue weighted by molar-refractivity contribution is 0.0628. The number of aromatic nitrogens is 1. The quantitative estimate of drug-likeness (QED) is 0.766. The van der Waals surface area contributed by atoms with Crippen molar-refractivity contribution in [3.63, 3.8) is 0 Å². The topological polar surface area (TPSA) is 94.4 Å². The van der Waals surface area contributed by atoms with Gasteiger partial charge in [-0.1, -0.05) is 11.6 Å². The van der Waals surface area contributed by atoms with E-state index in [0.717, 1.165) is 11.3 Å². The summed E-state index contributed by atoms with van der Waals surface area (Å²) in [5.41, 5.74) is 2.40. The maximum absolute atomic E-state index is 13.1. The standard InChI is InChI=1S/C18H15ClN4O3S/c1-11-6-13-14(9-21-11)18(24)23-5-4-22(10-16(13)23)27(25,26)17-3-2-12(8-20)7-15(17)19/h2-3,6-7,9,16H,4-5,10H2,1H3. The van der Waals surface area contributed by atoms with Crippen LogP contribution in [0.25, 0.3) is 0 Å². The zero-order valence-corrected chi connectivity index (χ0v) is 16.0. The van der Waals surface area contributed by atoms with Crippen LogP contribution in [0.15, 0.2) is 35.4 Å². The number of rotatable bonds is 2. The van der Waals surface area contributed by atoms with E-state index in [1.54, 1.807) is 11.1 Å². The Morgan fingerprint density at radius 3 is 2.78 bits per heavy atom. The molecule has 1 atom stereocenters. The van der Waals surface area contributed by atoms with Crippen LogP contribution < -0.4 is 0 Å². The number of benzene rings is 1. The number of aryl methyl sites for hydroxylation is 1. The zero-order chi connectivity index (χ0) is 19.3. The van der Waals surface area contributed by atoms with Gasteiger partial charge in [0.25, 0.3) is 5.91 Å². The minimum Gasteiger partial charge on any atom is -0.329 e. The van der Waals surface area contributed by atoms with E-state index in [0.29, 0.717) is 17.7 Å². The Morgan fingerprint density at radius 2 is 2.07 bits per heavy atom. The van der Waals surface area contributed by atoms with Crippen molar-refractivity contribution in [3.05, 3.63) is 57.9 Å². The van der Waals surface area contributed by atoms with Gasteiger partial charge >= 0.3 is 0 Å². The molecule has 0 aliphatic carbocycles. The van der Waals surface area contributed by atoms with Crippen LogP contribution >= 0.6 is 11.6 Å². The molecule has 0 N–H and O–H groups in total. The highest BCUT2D eigenvalue weighted by molar-refractivity contribution is 7.89. The average molecular weight is 403 g/mol. The van der Waals surface area contributed by atoms with Crippen LogP contribution in [0, 0.1) is 18.3 Å². The van der Waals surface area contributed by atoms with E-state index < -0.39 is 10.0 Å². The van der Waals surface area contributed by atoms with Gasteiger partial charge in [-0.3, -0.25) is 9.78 Å². The summed E-state index contributed by atoms with van der Waals surface area (Å²) in [6.45, 7) is 2.47. The Morgan fingerprint density at radius 1 is 1.30 bits per heavy atom. The Hall–Kier alpha value is -2.47. The molecule has 27 heavy (non-hydrogen) atoms. The lowest BCUT2D eigenvalue weighted by Crippen LogP contribution is -2.49. The predicted molar refractivity (Wildman–Crippen MR) is 97.7 cm³/mol. The Labute approximate surface area is 161 Å². The van der Waals surface area contributed by atoms with Crippen molar-refractivity contribution >= 4 is 27.5 Å².